The second-order valence-electron chi connectivity index (χ2n) is 4.78. The number of ether oxygens (including phenoxy) is 1. The lowest BCUT2D eigenvalue weighted by Gasteiger charge is -2.09. The average Bonchev–Trinajstić information content (AvgIpc) is 3.04. The normalized spacial score (nSPS) is 12.4. The molecule has 7 nitrogen and oxygen atoms in total. The number of benzene rings is 2. The first-order valence-corrected chi connectivity index (χ1v) is 8.97. The van der Waals surface area contributed by atoms with Gasteiger partial charge in [-0.15, -0.1) is 0 Å². The molecule has 1 aliphatic rings. The van der Waals surface area contributed by atoms with Crippen LogP contribution in [-0.2, 0) is 16.4 Å². The van der Waals surface area contributed by atoms with E-state index in [-0.39, 0.29) is 10.6 Å². The van der Waals surface area contributed by atoms with Gasteiger partial charge in [-0.25, -0.2) is 8.42 Å². The van der Waals surface area contributed by atoms with Gasteiger partial charge in [-0.05, 0) is 35.9 Å². The highest BCUT2D eigenvalue weighted by atomic mass is 32.2. The second kappa shape index (κ2) is 7.31. The quantitative estimate of drug-likeness (QED) is 0.673. The number of nitro benzene ring substituents is 1. The Bertz CT molecular complexity index is 832. The minimum absolute atomic E-state index is 0.0325. The Morgan fingerprint density at radius 3 is 2.42 bits per heavy atom. The third-order valence-electron chi connectivity index (χ3n) is 3.30. The summed E-state index contributed by atoms with van der Waals surface area (Å²) in [5.74, 6) is 0.762. The predicted octanol–water partition coefficient (Wildman–Crippen LogP) is 3.36. The number of rotatable bonds is 4. The van der Waals surface area contributed by atoms with Gasteiger partial charge in [0.15, 0.2) is 0 Å². The molecule has 0 aromatic heterocycles. The fourth-order valence-corrected chi connectivity index (χ4v) is 3.26. The van der Waals surface area contributed by atoms with Crippen molar-refractivity contribution in [2.75, 3.05) is 11.3 Å². The maximum Gasteiger partial charge on any atom is 0.269 e. The topological polar surface area (TPSA) is 98.5 Å². The van der Waals surface area contributed by atoms with Gasteiger partial charge in [0.2, 0.25) is 0 Å². The Labute approximate surface area is 140 Å². The SMILES string of the molecule is CC.O=[N+]([O-])c1ccc(S(=O)(=O)Nc2ccc3c(c2)CCO3)cc1. The Morgan fingerprint density at radius 1 is 1.12 bits per heavy atom. The van der Waals surface area contributed by atoms with Gasteiger partial charge in [-0.3, -0.25) is 14.8 Å². The van der Waals surface area contributed by atoms with Crippen molar-refractivity contribution in [1.29, 1.82) is 0 Å². The summed E-state index contributed by atoms with van der Waals surface area (Å²) in [4.78, 5) is 9.98. The van der Waals surface area contributed by atoms with E-state index in [1.54, 1.807) is 18.2 Å². The molecule has 8 heteroatoms. The minimum Gasteiger partial charge on any atom is -0.493 e. The maximum atomic E-state index is 12.3. The van der Waals surface area contributed by atoms with Gasteiger partial charge >= 0.3 is 0 Å². The van der Waals surface area contributed by atoms with Gasteiger partial charge in [0.05, 0.1) is 16.4 Å². The Balaban J connectivity index is 0.00000100. The molecule has 0 fully saturated rings. The Morgan fingerprint density at radius 2 is 1.79 bits per heavy atom. The van der Waals surface area contributed by atoms with E-state index in [9.17, 15) is 18.5 Å². The van der Waals surface area contributed by atoms with Crippen LogP contribution in [0.25, 0.3) is 0 Å². The number of hydrogen-bond donors (Lipinski definition) is 1. The summed E-state index contributed by atoms with van der Waals surface area (Å²) in [5.41, 5.74) is 1.22. The molecule has 0 amide bonds. The van der Waals surface area contributed by atoms with Gasteiger partial charge in [0.1, 0.15) is 5.75 Å². The molecule has 0 saturated heterocycles. The van der Waals surface area contributed by atoms with Crippen LogP contribution in [0.15, 0.2) is 47.4 Å². The molecule has 0 bridgehead atoms. The molecule has 0 spiro atoms. The third kappa shape index (κ3) is 3.83. The highest BCUT2D eigenvalue weighted by Crippen LogP contribution is 2.29. The van der Waals surface area contributed by atoms with Crippen LogP contribution in [0.4, 0.5) is 11.4 Å². The minimum atomic E-state index is -3.79. The number of nitro groups is 1. The van der Waals surface area contributed by atoms with Crippen molar-refractivity contribution >= 4 is 21.4 Å². The number of nitrogens with one attached hydrogen (secondary N) is 1. The lowest BCUT2D eigenvalue weighted by Crippen LogP contribution is -2.13. The lowest BCUT2D eigenvalue weighted by atomic mass is 10.1. The summed E-state index contributed by atoms with van der Waals surface area (Å²) in [6, 6.07) is 9.79. The van der Waals surface area contributed by atoms with Crippen molar-refractivity contribution in [2.45, 2.75) is 25.2 Å². The standard InChI is InChI=1S/C14H12N2O5S.C2H6/c17-16(18)12-2-4-13(5-3-12)22(19,20)15-11-1-6-14-10(9-11)7-8-21-14;1-2/h1-6,9,15H,7-8H2;1-2H3. The molecule has 0 atom stereocenters. The van der Waals surface area contributed by atoms with Crippen molar-refractivity contribution in [3.05, 3.63) is 58.1 Å². The van der Waals surface area contributed by atoms with E-state index in [2.05, 4.69) is 4.72 Å². The number of sulfonamides is 1. The molecule has 2 aromatic rings. The van der Waals surface area contributed by atoms with Crippen LogP contribution in [0.5, 0.6) is 5.75 Å². The van der Waals surface area contributed by atoms with Gasteiger partial charge < -0.3 is 4.74 Å². The van der Waals surface area contributed by atoms with E-state index in [0.717, 1.165) is 29.9 Å². The zero-order valence-electron chi connectivity index (χ0n) is 13.4. The summed E-state index contributed by atoms with van der Waals surface area (Å²) < 4.78 is 32.4. The monoisotopic (exact) mass is 350 g/mol. The summed E-state index contributed by atoms with van der Waals surface area (Å²) in [7, 11) is -3.79. The van der Waals surface area contributed by atoms with Crippen LogP contribution in [0.1, 0.15) is 19.4 Å². The Kier molecular flexibility index (Phi) is 5.40. The van der Waals surface area contributed by atoms with Crippen molar-refractivity contribution < 1.29 is 18.1 Å². The van der Waals surface area contributed by atoms with E-state index < -0.39 is 14.9 Å². The van der Waals surface area contributed by atoms with E-state index in [4.69, 9.17) is 4.74 Å². The molecular weight excluding hydrogens is 332 g/mol. The molecule has 0 aliphatic carbocycles. The van der Waals surface area contributed by atoms with Crippen LogP contribution in [0, 0.1) is 10.1 Å². The largest absolute Gasteiger partial charge is 0.493 e. The third-order valence-corrected chi connectivity index (χ3v) is 4.70. The molecule has 2 aromatic carbocycles. The number of nitrogens with zero attached hydrogens (tertiary/aromatic N) is 1. The van der Waals surface area contributed by atoms with Gasteiger partial charge in [0, 0.05) is 24.2 Å². The first-order chi connectivity index (χ1) is 11.5. The van der Waals surface area contributed by atoms with Crippen molar-refractivity contribution in [2.24, 2.45) is 0 Å². The molecule has 0 radical (unpaired) electrons. The van der Waals surface area contributed by atoms with Crippen molar-refractivity contribution in [3.8, 4) is 5.75 Å². The fraction of sp³-hybridized carbons (Fsp3) is 0.250. The van der Waals surface area contributed by atoms with Crippen LogP contribution in [-0.4, -0.2) is 19.9 Å². The highest BCUT2D eigenvalue weighted by Gasteiger charge is 2.18. The lowest BCUT2D eigenvalue weighted by molar-refractivity contribution is -0.384. The molecule has 0 saturated carbocycles. The number of fused-ring (bicyclic) bond motifs is 1. The number of anilines is 1. The summed E-state index contributed by atoms with van der Waals surface area (Å²) in [5, 5.41) is 10.6. The molecule has 128 valence electrons. The van der Waals surface area contributed by atoms with Gasteiger partial charge in [-0.1, -0.05) is 13.8 Å². The van der Waals surface area contributed by atoms with E-state index in [1.807, 2.05) is 13.8 Å². The molecular formula is C16H18N2O5S. The molecule has 24 heavy (non-hydrogen) atoms. The average molecular weight is 350 g/mol. The van der Waals surface area contributed by atoms with E-state index in [0.29, 0.717) is 12.3 Å². The summed E-state index contributed by atoms with van der Waals surface area (Å²) in [6.07, 6.45) is 0.739. The zero-order valence-corrected chi connectivity index (χ0v) is 14.2. The van der Waals surface area contributed by atoms with Gasteiger partial charge in [0.25, 0.3) is 15.7 Å². The smallest absolute Gasteiger partial charge is 0.269 e. The zero-order chi connectivity index (χ0) is 17.7. The van der Waals surface area contributed by atoms with Crippen molar-refractivity contribution in [1.82, 2.24) is 0 Å². The summed E-state index contributed by atoms with van der Waals surface area (Å²) >= 11 is 0. The maximum absolute atomic E-state index is 12.3. The van der Waals surface area contributed by atoms with Crippen LogP contribution in [0.3, 0.4) is 0 Å². The predicted molar refractivity (Wildman–Crippen MR) is 90.9 cm³/mol. The molecule has 1 heterocycles. The molecule has 3 rings (SSSR count). The molecule has 0 unspecified atom stereocenters. The molecule has 1 N–H and O–H groups in total. The molecule has 1 aliphatic heterocycles. The van der Waals surface area contributed by atoms with Crippen molar-refractivity contribution in [3.63, 3.8) is 0 Å². The number of non-ortho nitro benzene ring substituents is 1. The van der Waals surface area contributed by atoms with Crippen LogP contribution >= 0.6 is 0 Å². The summed E-state index contributed by atoms with van der Waals surface area (Å²) in [6.45, 7) is 4.59. The van der Waals surface area contributed by atoms with Gasteiger partial charge in [-0.2, -0.15) is 0 Å². The fourth-order valence-electron chi connectivity index (χ4n) is 2.21. The van der Waals surface area contributed by atoms with Crippen LogP contribution < -0.4 is 9.46 Å². The van der Waals surface area contributed by atoms with E-state index >= 15 is 0 Å². The highest BCUT2D eigenvalue weighted by molar-refractivity contribution is 7.92. The first-order valence-electron chi connectivity index (χ1n) is 7.49. The Hall–Kier alpha value is -2.61. The first kappa shape index (κ1) is 17.7. The number of hydrogen-bond acceptors (Lipinski definition) is 5. The van der Waals surface area contributed by atoms with Crippen LogP contribution in [0.2, 0.25) is 0 Å². The second-order valence-corrected chi connectivity index (χ2v) is 6.46. The van der Waals surface area contributed by atoms with E-state index in [1.165, 1.54) is 12.1 Å².